The van der Waals surface area contributed by atoms with Crippen molar-refractivity contribution in [1.82, 2.24) is 5.32 Å². The lowest BCUT2D eigenvalue weighted by Crippen LogP contribution is -2.28. The Kier molecular flexibility index (Phi) is 5.42. The average molecular weight is 404 g/mol. The second kappa shape index (κ2) is 7.63. The van der Waals surface area contributed by atoms with Gasteiger partial charge in [0.05, 0.1) is 24.4 Å². The SMILES string of the molecule is Cc1c(C(C)NC(=O)Cc2ccccc2NS(C)(=O)=O)oc2ccc(F)cc12. The first-order chi connectivity index (χ1) is 13.1. The van der Waals surface area contributed by atoms with Crippen LogP contribution in [0.5, 0.6) is 0 Å². The summed E-state index contributed by atoms with van der Waals surface area (Å²) in [5, 5.41) is 3.51. The second-order valence-electron chi connectivity index (χ2n) is 6.73. The zero-order chi connectivity index (χ0) is 20.5. The summed E-state index contributed by atoms with van der Waals surface area (Å²) in [6.07, 6.45) is 1.05. The summed E-state index contributed by atoms with van der Waals surface area (Å²) in [5.41, 5.74) is 2.24. The number of amides is 1. The number of hydrogen-bond donors (Lipinski definition) is 2. The number of fused-ring (bicyclic) bond motifs is 1. The fourth-order valence-corrected chi connectivity index (χ4v) is 3.73. The Morgan fingerprint density at radius 1 is 1.21 bits per heavy atom. The number of aryl methyl sites for hydroxylation is 1. The fourth-order valence-electron chi connectivity index (χ4n) is 3.13. The van der Waals surface area contributed by atoms with Crippen LogP contribution in [0.25, 0.3) is 11.0 Å². The third-order valence-corrected chi connectivity index (χ3v) is 4.96. The largest absolute Gasteiger partial charge is 0.459 e. The highest BCUT2D eigenvalue weighted by molar-refractivity contribution is 7.92. The molecule has 148 valence electrons. The Bertz CT molecular complexity index is 1140. The zero-order valence-corrected chi connectivity index (χ0v) is 16.6. The standard InChI is InChI=1S/C20H21FN2O4S/c1-12-16-11-15(21)8-9-18(16)27-20(12)13(2)22-19(24)10-14-6-4-5-7-17(14)23-28(3,25)26/h4-9,11,13,23H,10H2,1-3H3,(H,22,24). The van der Waals surface area contributed by atoms with Gasteiger partial charge in [0.1, 0.15) is 17.2 Å². The van der Waals surface area contributed by atoms with Crippen molar-refractivity contribution in [2.24, 2.45) is 0 Å². The molecule has 6 nitrogen and oxygen atoms in total. The Balaban J connectivity index is 1.76. The van der Waals surface area contributed by atoms with E-state index in [1.165, 1.54) is 12.1 Å². The van der Waals surface area contributed by atoms with Crippen molar-refractivity contribution in [3.05, 3.63) is 65.2 Å². The van der Waals surface area contributed by atoms with Crippen molar-refractivity contribution in [3.8, 4) is 0 Å². The third kappa shape index (κ3) is 4.51. The van der Waals surface area contributed by atoms with Crippen LogP contribution in [-0.2, 0) is 21.2 Å². The molecule has 8 heteroatoms. The normalized spacial score (nSPS) is 12.7. The van der Waals surface area contributed by atoms with Crippen molar-refractivity contribution in [2.45, 2.75) is 26.3 Å². The summed E-state index contributed by atoms with van der Waals surface area (Å²) in [4.78, 5) is 12.5. The first-order valence-electron chi connectivity index (χ1n) is 8.67. The molecule has 1 amide bonds. The number of para-hydroxylation sites is 1. The van der Waals surface area contributed by atoms with E-state index in [0.29, 0.717) is 28.0 Å². The zero-order valence-electron chi connectivity index (χ0n) is 15.7. The molecule has 0 fully saturated rings. The number of carbonyl (C=O) groups is 1. The summed E-state index contributed by atoms with van der Waals surface area (Å²) >= 11 is 0. The summed E-state index contributed by atoms with van der Waals surface area (Å²) in [6.45, 7) is 3.59. The Labute approximate surface area is 162 Å². The molecule has 0 radical (unpaired) electrons. The molecule has 2 N–H and O–H groups in total. The molecule has 0 spiro atoms. The quantitative estimate of drug-likeness (QED) is 0.656. The van der Waals surface area contributed by atoms with Crippen molar-refractivity contribution in [1.29, 1.82) is 0 Å². The van der Waals surface area contributed by atoms with Crippen LogP contribution < -0.4 is 10.0 Å². The van der Waals surface area contributed by atoms with Gasteiger partial charge in [0.15, 0.2) is 0 Å². The molecule has 2 aromatic carbocycles. The minimum Gasteiger partial charge on any atom is -0.459 e. The van der Waals surface area contributed by atoms with E-state index < -0.39 is 16.1 Å². The highest BCUT2D eigenvalue weighted by Gasteiger charge is 2.19. The molecule has 0 aliphatic carbocycles. The van der Waals surface area contributed by atoms with Crippen LogP contribution in [-0.4, -0.2) is 20.6 Å². The first kappa shape index (κ1) is 19.9. The number of anilines is 1. The molecule has 3 aromatic rings. The summed E-state index contributed by atoms with van der Waals surface area (Å²) in [7, 11) is -3.45. The van der Waals surface area contributed by atoms with E-state index in [4.69, 9.17) is 4.42 Å². The molecule has 0 saturated heterocycles. The molecule has 0 aliphatic rings. The molecule has 0 bridgehead atoms. The highest BCUT2D eigenvalue weighted by atomic mass is 32.2. The Hall–Kier alpha value is -2.87. The van der Waals surface area contributed by atoms with Gasteiger partial charge >= 0.3 is 0 Å². The van der Waals surface area contributed by atoms with Gasteiger partial charge in [-0.2, -0.15) is 0 Å². The van der Waals surface area contributed by atoms with Crippen LogP contribution in [0.15, 0.2) is 46.9 Å². The molecule has 0 saturated carbocycles. The van der Waals surface area contributed by atoms with Crippen molar-refractivity contribution < 1.29 is 22.0 Å². The molecule has 1 heterocycles. The van der Waals surface area contributed by atoms with Gasteiger partial charge in [-0.15, -0.1) is 0 Å². The van der Waals surface area contributed by atoms with Crippen LogP contribution in [0.1, 0.15) is 29.9 Å². The monoisotopic (exact) mass is 404 g/mol. The van der Waals surface area contributed by atoms with E-state index in [0.717, 1.165) is 11.8 Å². The number of sulfonamides is 1. The molecular weight excluding hydrogens is 383 g/mol. The number of halogens is 1. The van der Waals surface area contributed by atoms with Crippen LogP contribution in [0.2, 0.25) is 0 Å². The summed E-state index contributed by atoms with van der Waals surface area (Å²) in [6, 6.07) is 10.6. The molecule has 1 unspecified atom stereocenters. The average Bonchev–Trinajstić information content (AvgIpc) is 2.92. The number of carbonyl (C=O) groups excluding carboxylic acids is 1. The Morgan fingerprint density at radius 2 is 1.93 bits per heavy atom. The van der Waals surface area contributed by atoms with Crippen LogP contribution in [0, 0.1) is 12.7 Å². The molecule has 3 rings (SSSR count). The highest BCUT2D eigenvalue weighted by Crippen LogP contribution is 2.30. The fraction of sp³-hybridized carbons (Fsp3) is 0.250. The van der Waals surface area contributed by atoms with Crippen molar-refractivity contribution in [3.63, 3.8) is 0 Å². The molecule has 0 aliphatic heterocycles. The minimum atomic E-state index is -3.45. The number of benzene rings is 2. The summed E-state index contributed by atoms with van der Waals surface area (Å²) < 4.78 is 44.7. The molecule has 1 atom stereocenters. The first-order valence-corrected chi connectivity index (χ1v) is 10.6. The van der Waals surface area contributed by atoms with Gasteiger partial charge in [0.25, 0.3) is 0 Å². The van der Waals surface area contributed by atoms with Gasteiger partial charge in [-0.25, -0.2) is 12.8 Å². The maximum absolute atomic E-state index is 13.5. The van der Waals surface area contributed by atoms with Gasteiger partial charge in [-0.1, -0.05) is 18.2 Å². The van der Waals surface area contributed by atoms with E-state index in [2.05, 4.69) is 10.0 Å². The Morgan fingerprint density at radius 3 is 2.64 bits per heavy atom. The maximum Gasteiger partial charge on any atom is 0.229 e. The third-order valence-electron chi connectivity index (χ3n) is 4.37. The van der Waals surface area contributed by atoms with Crippen LogP contribution in [0.4, 0.5) is 10.1 Å². The van der Waals surface area contributed by atoms with Gasteiger partial charge in [-0.05, 0) is 43.7 Å². The van der Waals surface area contributed by atoms with Gasteiger partial charge < -0.3 is 9.73 Å². The van der Waals surface area contributed by atoms with E-state index >= 15 is 0 Å². The van der Waals surface area contributed by atoms with E-state index in [1.54, 1.807) is 37.3 Å². The van der Waals surface area contributed by atoms with E-state index in [-0.39, 0.29) is 18.1 Å². The summed E-state index contributed by atoms with van der Waals surface area (Å²) in [5.74, 6) is -0.0904. The smallest absolute Gasteiger partial charge is 0.229 e. The lowest BCUT2D eigenvalue weighted by Gasteiger charge is -2.14. The molecular formula is C20H21FN2O4S. The topological polar surface area (TPSA) is 88.4 Å². The number of nitrogens with one attached hydrogen (secondary N) is 2. The van der Waals surface area contributed by atoms with Crippen molar-refractivity contribution >= 4 is 32.6 Å². The predicted molar refractivity (Wildman–Crippen MR) is 106 cm³/mol. The number of hydrogen-bond acceptors (Lipinski definition) is 4. The van der Waals surface area contributed by atoms with Crippen LogP contribution >= 0.6 is 0 Å². The lowest BCUT2D eigenvalue weighted by atomic mass is 10.1. The maximum atomic E-state index is 13.5. The van der Waals surface area contributed by atoms with Crippen LogP contribution in [0.3, 0.4) is 0 Å². The number of rotatable bonds is 6. The number of furan rings is 1. The van der Waals surface area contributed by atoms with Crippen molar-refractivity contribution in [2.75, 3.05) is 11.0 Å². The predicted octanol–water partition coefficient (Wildman–Crippen LogP) is 3.67. The van der Waals surface area contributed by atoms with Gasteiger partial charge in [0, 0.05) is 10.9 Å². The van der Waals surface area contributed by atoms with Gasteiger partial charge in [0.2, 0.25) is 15.9 Å². The minimum absolute atomic E-state index is 0.00304. The second-order valence-corrected chi connectivity index (χ2v) is 8.48. The van der Waals surface area contributed by atoms with E-state index in [9.17, 15) is 17.6 Å². The van der Waals surface area contributed by atoms with Gasteiger partial charge in [-0.3, -0.25) is 9.52 Å². The molecule has 1 aromatic heterocycles. The van der Waals surface area contributed by atoms with E-state index in [1.807, 2.05) is 6.92 Å². The lowest BCUT2D eigenvalue weighted by molar-refractivity contribution is -0.121. The molecule has 28 heavy (non-hydrogen) atoms.